The summed E-state index contributed by atoms with van der Waals surface area (Å²) >= 11 is 6.54. The van der Waals surface area contributed by atoms with Gasteiger partial charge in [0.15, 0.2) is 0 Å². The second kappa shape index (κ2) is 9.09. The van der Waals surface area contributed by atoms with E-state index in [2.05, 4.69) is 9.97 Å². The number of phenols is 1. The van der Waals surface area contributed by atoms with Crippen molar-refractivity contribution in [3.63, 3.8) is 0 Å². The number of rotatable bonds is 6. The number of para-hydroxylation sites is 1. The number of carbonyl (C=O) groups is 2. The monoisotopic (exact) mass is 500 g/mol. The predicted molar refractivity (Wildman–Crippen MR) is 134 cm³/mol. The zero-order valence-electron chi connectivity index (χ0n) is 18.4. The Labute approximate surface area is 209 Å². The second-order valence-electron chi connectivity index (χ2n) is 7.94. The van der Waals surface area contributed by atoms with Gasteiger partial charge in [-0.2, -0.15) is 4.98 Å². The number of nitrogens with zero attached hydrogens (tertiary/aromatic N) is 1. The molecule has 0 aliphatic rings. The third-order valence-electron chi connectivity index (χ3n) is 5.57. The van der Waals surface area contributed by atoms with Crippen LogP contribution in [0.15, 0.2) is 78.9 Å². The smallest absolute Gasteiger partial charge is 0.335 e. The SMILES string of the molecule is O=C(O)c1cc(Oc2nc3cc(-c4ccc(-c5ccccc5O)cc4)c(Cl)cc3[nH]2)cc(C(=O)O)c1. The Morgan fingerprint density at radius 2 is 1.42 bits per heavy atom. The highest BCUT2D eigenvalue weighted by atomic mass is 35.5. The summed E-state index contributed by atoms with van der Waals surface area (Å²) in [5, 5.41) is 29.1. The van der Waals surface area contributed by atoms with E-state index in [9.17, 15) is 24.9 Å². The lowest BCUT2D eigenvalue weighted by atomic mass is 9.99. The first-order valence-corrected chi connectivity index (χ1v) is 11.0. The summed E-state index contributed by atoms with van der Waals surface area (Å²) in [6, 6.07) is 21.6. The summed E-state index contributed by atoms with van der Waals surface area (Å²) in [5.74, 6) is -2.36. The molecule has 4 N–H and O–H groups in total. The minimum atomic E-state index is -1.28. The van der Waals surface area contributed by atoms with Gasteiger partial charge in [0, 0.05) is 11.1 Å². The topological polar surface area (TPSA) is 133 Å². The van der Waals surface area contributed by atoms with Crippen molar-refractivity contribution in [2.75, 3.05) is 0 Å². The van der Waals surface area contributed by atoms with Crippen LogP contribution in [0.3, 0.4) is 0 Å². The van der Waals surface area contributed by atoms with Crippen LogP contribution in [0.25, 0.3) is 33.3 Å². The van der Waals surface area contributed by atoms with E-state index < -0.39 is 11.9 Å². The van der Waals surface area contributed by atoms with Crippen molar-refractivity contribution in [2.45, 2.75) is 0 Å². The molecule has 1 aromatic heterocycles. The molecular formula is C27H17ClN2O6. The first-order chi connectivity index (χ1) is 17.3. The lowest BCUT2D eigenvalue weighted by Crippen LogP contribution is -2.03. The van der Waals surface area contributed by atoms with Gasteiger partial charge in [-0.05, 0) is 47.5 Å². The molecule has 5 rings (SSSR count). The molecule has 5 aromatic rings. The van der Waals surface area contributed by atoms with Crippen LogP contribution in [-0.4, -0.2) is 37.2 Å². The molecule has 0 aliphatic carbocycles. The Hall–Kier alpha value is -4.82. The summed E-state index contributed by atoms with van der Waals surface area (Å²) in [5.41, 5.74) is 3.82. The molecule has 0 radical (unpaired) electrons. The maximum absolute atomic E-state index is 11.4. The summed E-state index contributed by atoms with van der Waals surface area (Å²) in [6.45, 7) is 0. The van der Waals surface area contributed by atoms with Crippen LogP contribution in [-0.2, 0) is 0 Å². The molecule has 0 atom stereocenters. The van der Waals surface area contributed by atoms with Crippen LogP contribution in [0.5, 0.6) is 17.5 Å². The molecule has 0 bridgehead atoms. The van der Waals surface area contributed by atoms with E-state index in [1.54, 1.807) is 24.3 Å². The lowest BCUT2D eigenvalue weighted by molar-refractivity contribution is 0.0696. The number of hydrogen-bond acceptors (Lipinski definition) is 5. The number of halogens is 1. The fourth-order valence-corrected chi connectivity index (χ4v) is 4.11. The van der Waals surface area contributed by atoms with Crippen molar-refractivity contribution in [3.8, 4) is 39.8 Å². The largest absolute Gasteiger partial charge is 0.507 e. The minimum Gasteiger partial charge on any atom is -0.507 e. The Kier molecular flexibility index (Phi) is 5.79. The molecule has 8 nitrogen and oxygen atoms in total. The molecule has 0 spiro atoms. The summed E-state index contributed by atoms with van der Waals surface area (Å²) in [6.07, 6.45) is 0. The third-order valence-corrected chi connectivity index (χ3v) is 5.89. The Morgan fingerprint density at radius 1 is 0.806 bits per heavy atom. The van der Waals surface area contributed by atoms with Gasteiger partial charge in [-0.15, -0.1) is 0 Å². The maximum Gasteiger partial charge on any atom is 0.335 e. The number of aromatic amines is 1. The normalized spacial score (nSPS) is 10.9. The third kappa shape index (κ3) is 4.45. The number of aromatic carboxylic acids is 2. The van der Waals surface area contributed by atoms with Gasteiger partial charge in [0.1, 0.15) is 11.5 Å². The number of phenolic OH excluding ortho intramolecular Hbond substituents is 1. The van der Waals surface area contributed by atoms with E-state index >= 15 is 0 Å². The van der Waals surface area contributed by atoms with Crippen molar-refractivity contribution in [1.29, 1.82) is 0 Å². The van der Waals surface area contributed by atoms with Gasteiger partial charge in [-0.1, -0.05) is 54.1 Å². The number of aromatic hydroxyl groups is 1. The molecule has 9 heteroatoms. The Morgan fingerprint density at radius 3 is 2.03 bits per heavy atom. The first kappa shape index (κ1) is 22.9. The molecule has 36 heavy (non-hydrogen) atoms. The summed E-state index contributed by atoms with van der Waals surface area (Å²) in [4.78, 5) is 30.1. The quantitative estimate of drug-likeness (QED) is 0.211. The molecule has 178 valence electrons. The number of H-pyrrole nitrogens is 1. The second-order valence-corrected chi connectivity index (χ2v) is 8.35. The maximum atomic E-state index is 11.4. The molecule has 0 fully saturated rings. The fourth-order valence-electron chi connectivity index (χ4n) is 3.84. The van der Waals surface area contributed by atoms with E-state index in [0.717, 1.165) is 28.3 Å². The molecule has 0 aliphatic heterocycles. The van der Waals surface area contributed by atoms with Gasteiger partial charge in [-0.25, -0.2) is 9.59 Å². The number of ether oxygens (including phenoxy) is 1. The Bertz CT molecular complexity index is 1610. The van der Waals surface area contributed by atoms with Crippen LogP contribution >= 0.6 is 11.6 Å². The van der Waals surface area contributed by atoms with Crippen molar-refractivity contribution >= 4 is 34.6 Å². The fraction of sp³-hybridized carbons (Fsp3) is 0. The van der Waals surface area contributed by atoms with Gasteiger partial charge >= 0.3 is 11.9 Å². The molecule has 0 amide bonds. The predicted octanol–water partition coefficient (Wildman–Crippen LogP) is 6.44. The van der Waals surface area contributed by atoms with E-state index in [0.29, 0.717) is 16.1 Å². The van der Waals surface area contributed by atoms with Gasteiger partial charge < -0.3 is 25.0 Å². The van der Waals surface area contributed by atoms with Gasteiger partial charge in [0.25, 0.3) is 6.01 Å². The number of aromatic nitrogens is 2. The number of imidazole rings is 1. The number of hydrogen-bond donors (Lipinski definition) is 4. The zero-order valence-corrected chi connectivity index (χ0v) is 19.2. The van der Waals surface area contributed by atoms with Crippen LogP contribution in [0.2, 0.25) is 5.02 Å². The molecule has 0 saturated heterocycles. The first-order valence-electron chi connectivity index (χ1n) is 10.7. The van der Waals surface area contributed by atoms with Gasteiger partial charge in [0.05, 0.1) is 27.2 Å². The van der Waals surface area contributed by atoms with Crippen molar-refractivity contribution in [2.24, 2.45) is 0 Å². The van der Waals surface area contributed by atoms with Gasteiger partial charge in [-0.3, -0.25) is 0 Å². The molecular weight excluding hydrogens is 484 g/mol. The average Bonchev–Trinajstić information content (AvgIpc) is 3.24. The lowest BCUT2D eigenvalue weighted by Gasteiger charge is -2.08. The van der Waals surface area contributed by atoms with E-state index in [1.165, 1.54) is 12.1 Å². The van der Waals surface area contributed by atoms with Crippen LogP contribution in [0, 0.1) is 0 Å². The summed E-state index contributed by atoms with van der Waals surface area (Å²) < 4.78 is 5.65. The standard InChI is InChI=1S/C27H17ClN2O6/c28-21-13-23-22(12-20(21)15-7-5-14(6-8-15)19-3-1-2-4-24(19)31)29-27(30-23)36-18-10-16(25(32)33)9-17(11-18)26(34)35/h1-13,31H,(H,29,30)(H,32,33)(H,34,35). The van der Waals surface area contributed by atoms with E-state index in [4.69, 9.17) is 16.3 Å². The average molecular weight is 501 g/mol. The van der Waals surface area contributed by atoms with Crippen molar-refractivity contribution in [3.05, 3.63) is 95.0 Å². The molecule has 0 unspecified atom stereocenters. The van der Waals surface area contributed by atoms with Crippen LogP contribution < -0.4 is 4.74 Å². The Balaban J connectivity index is 1.47. The minimum absolute atomic E-state index is 0.0115. The van der Waals surface area contributed by atoms with Gasteiger partial charge in [0.2, 0.25) is 0 Å². The number of carboxylic acids is 2. The zero-order chi connectivity index (χ0) is 25.4. The van der Waals surface area contributed by atoms with E-state index in [1.807, 2.05) is 36.4 Å². The molecule has 1 heterocycles. The number of nitrogens with one attached hydrogen (secondary N) is 1. The number of fused-ring (bicyclic) bond motifs is 1. The molecule has 0 saturated carbocycles. The van der Waals surface area contributed by atoms with E-state index in [-0.39, 0.29) is 28.6 Å². The molecule has 4 aromatic carbocycles. The number of benzene rings is 4. The van der Waals surface area contributed by atoms with Crippen molar-refractivity contribution in [1.82, 2.24) is 9.97 Å². The summed E-state index contributed by atoms with van der Waals surface area (Å²) in [7, 11) is 0. The highest BCUT2D eigenvalue weighted by Gasteiger charge is 2.15. The number of carboxylic acid groups (broad SMARTS) is 2. The van der Waals surface area contributed by atoms with Crippen molar-refractivity contribution < 1.29 is 29.6 Å². The van der Waals surface area contributed by atoms with Crippen LogP contribution in [0.1, 0.15) is 20.7 Å². The highest BCUT2D eigenvalue weighted by molar-refractivity contribution is 6.34. The highest BCUT2D eigenvalue weighted by Crippen LogP contribution is 2.35. The van der Waals surface area contributed by atoms with Crippen LogP contribution in [0.4, 0.5) is 0 Å².